The fourth-order valence-electron chi connectivity index (χ4n) is 4.11. The number of ketones is 1. The van der Waals surface area contributed by atoms with Crippen molar-refractivity contribution in [2.24, 2.45) is 5.41 Å². The SMILES string of the molecule is CCOC(=O)CCCCCn1c2c(c3ccc(F)cc31)C(=O)CC(C)(C)C2. The average molecular weight is 373 g/mol. The number of ether oxygens (including phenoxy) is 1. The maximum Gasteiger partial charge on any atom is 0.305 e. The van der Waals surface area contributed by atoms with Crippen LogP contribution in [0.2, 0.25) is 0 Å². The summed E-state index contributed by atoms with van der Waals surface area (Å²) in [6, 6.07) is 4.70. The summed E-state index contributed by atoms with van der Waals surface area (Å²) < 4.78 is 21.0. The highest BCUT2D eigenvalue weighted by Gasteiger charge is 2.35. The molecule has 0 saturated carbocycles. The molecule has 0 amide bonds. The highest BCUT2D eigenvalue weighted by Crippen LogP contribution is 2.40. The van der Waals surface area contributed by atoms with Gasteiger partial charge in [0.05, 0.1) is 12.1 Å². The zero-order valence-electron chi connectivity index (χ0n) is 16.4. The number of hydrogen-bond donors (Lipinski definition) is 0. The van der Waals surface area contributed by atoms with Crippen LogP contribution in [0.4, 0.5) is 4.39 Å². The first-order valence-corrected chi connectivity index (χ1v) is 9.82. The average Bonchev–Trinajstić information content (AvgIpc) is 2.86. The van der Waals surface area contributed by atoms with E-state index in [1.54, 1.807) is 13.0 Å². The Labute approximate surface area is 159 Å². The van der Waals surface area contributed by atoms with E-state index in [0.29, 0.717) is 19.4 Å². The molecule has 1 heterocycles. The second kappa shape index (κ2) is 7.83. The quantitative estimate of drug-likeness (QED) is 0.503. The number of aromatic nitrogens is 1. The molecule has 1 aliphatic carbocycles. The number of esters is 1. The van der Waals surface area contributed by atoms with Crippen LogP contribution in [-0.2, 0) is 22.5 Å². The summed E-state index contributed by atoms with van der Waals surface area (Å²) >= 11 is 0. The van der Waals surface area contributed by atoms with Crippen LogP contribution in [0.1, 0.15) is 68.9 Å². The second-order valence-electron chi connectivity index (χ2n) is 8.19. The van der Waals surface area contributed by atoms with Crippen molar-refractivity contribution in [3.8, 4) is 0 Å². The van der Waals surface area contributed by atoms with Crippen molar-refractivity contribution in [3.05, 3.63) is 35.3 Å². The lowest BCUT2D eigenvalue weighted by atomic mass is 9.75. The zero-order chi connectivity index (χ0) is 19.6. The molecule has 1 aromatic carbocycles. The third-order valence-corrected chi connectivity index (χ3v) is 5.27. The van der Waals surface area contributed by atoms with E-state index in [-0.39, 0.29) is 23.0 Å². The van der Waals surface area contributed by atoms with Gasteiger partial charge in [0.25, 0.3) is 0 Å². The van der Waals surface area contributed by atoms with E-state index in [0.717, 1.165) is 54.4 Å². The van der Waals surface area contributed by atoms with Crippen molar-refractivity contribution in [2.45, 2.75) is 65.8 Å². The minimum atomic E-state index is -0.285. The Kier molecular flexibility index (Phi) is 5.68. The van der Waals surface area contributed by atoms with E-state index in [1.165, 1.54) is 12.1 Å². The van der Waals surface area contributed by atoms with Crippen molar-refractivity contribution in [1.82, 2.24) is 4.57 Å². The summed E-state index contributed by atoms with van der Waals surface area (Å²) in [6.07, 6.45) is 4.31. The summed E-state index contributed by atoms with van der Waals surface area (Å²) in [5, 5.41) is 0.860. The Bertz CT molecular complexity index is 866. The topological polar surface area (TPSA) is 48.3 Å². The van der Waals surface area contributed by atoms with Crippen molar-refractivity contribution in [1.29, 1.82) is 0 Å². The lowest BCUT2D eigenvalue weighted by Crippen LogP contribution is -2.28. The van der Waals surface area contributed by atoms with Crippen LogP contribution in [0, 0.1) is 11.2 Å². The van der Waals surface area contributed by atoms with E-state index in [9.17, 15) is 14.0 Å². The molecular formula is C22H28FNO3. The number of hydrogen-bond acceptors (Lipinski definition) is 3. The number of nitrogens with zero attached hydrogens (tertiary/aromatic N) is 1. The monoisotopic (exact) mass is 373 g/mol. The first-order chi connectivity index (χ1) is 12.8. The van der Waals surface area contributed by atoms with Gasteiger partial charge < -0.3 is 9.30 Å². The lowest BCUT2D eigenvalue weighted by Gasteiger charge is -2.29. The number of rotatable bonds is 7. The summed E-state index contributed by atoms with van der Waals surface area (Å²) in [5.74, 6) is -0.290. The second-order valence-corrected chi connectivity index (χ2v) is 8.19. The number of carbonyl (C=O) groups is 2. The van der Waals surface area contributed by atoms with Gasteiger partial charge in [-0.3, -0.25) is 9.59 Å². The molecule has 3 rings (SSSR count). The largest absolute Gasteiger partial charge is 0.466 e. The summed E-state index contributed by atoms with van der Waals surface area (Å²) in [7, 11) is 0. The molecule has 0 unspecified atom stereocenters. The number of fused-ring (bicyclic) bond motifs is 3. The molecule has 1 aromatic heterocycles. The van der Waals surface area contributed by atoms with Crippen molar-refractivity contribution in [3.63, 3.8) is 0 Å². The molecule has 2 aromatic rings. The first-order valence-electron chi connectivity index (χ1n) is 9.82. The van der Waals surface area contributed by atoms with E-state index in [2.05, 4.69) is 18.4 Å². The highest BCUT2D eigenvalue weighted by atomic mass is 19.1. The number of benzene rings is 1. The van der Waals surface area contributed by atoms with Crippen LogP contribution in [0.3, 0.4) is 0 Å². The van der Waals surface area contributed by atoms with Crippen LogP contribution in [0.25, 0.3) is 10.9 Å². The molecule has 4 nitrogen and oxygen atoms in total. The number of halogens is 1. The summed E-state index contributed by atoms with van der Waals surface area (Å²) in [5.41, 5.74) is 2.52. The molecule has 0 aliphatic heterocycles. The maximum absolute atomic E-state index is 13.9. The van der Waals surface area contributed by atoms with Crippen molar-refractivity contribution >= 4 is 22.7 Å². The Morgan fingerprint density at radius 2 is 2.00 bits per heavy atom. The van der Waals surface area contributed by atoms with Gasteiger partial charge in [-0.1, -0.05) is 20.3 Å². The molecule has 0 fully saturated rings. The molecule has 5 heteroatoms. The predicted octanol–water partition coefficient (Wildman–Crippen LogP) is 5.06. The summed E-state index contributed by atoms with van der Waals surface area (Å²) in [4.78, 5) is 24.2. The van der Waals surface area contributed by atoms with Gasteiger partial charge in [-0.25, -0.2) is 4.39 Å². The standard InChI is InChI=1S/C22H28FNO3/c1-4-27-20(26)8-6-5-7-11-24-17-12-15(23)9-10-16(17)21-18(24)13-22(2,3)14-19(21)25/h9-10,12H,4-8,11,13-14H2,1-3H3. The molecular weight excluding hydrogens is 345 g/mol. The van der Waals surface area contributed by atoms with E-state index < -0.39 is 0 Å². The van der Waals surface area contributed by atoms with Crippen LogP contribution < -0.4 is 0 Å². The zero-order valence-corrected chi connectivity index (χ0v) is 16.4. The van der Waals surface area contributed by atoms with Gasteiger partial charge in [-0.15, -0.1) is 0 Å². The Hall–Kier alpha value is -2.17. The smallest absolute Gasteiger partial charge is 0.305 e. The molecule has 1 aliphatic rings. The van der Waals surface area contributed by atoms with Crippen LogP contribution in [0.5, 0.6) is 0 Å². The van der Waals surface area contributed by atoms with Crippen molar-refractivity contribution in [2.75, 3.05) is 6.61 Å². The van der Waals surface area contributed by atoms with E-state index in [4.69, 9.17) is 4.74 Å². The Morgan fingerprint density at radius 1 is 1.22 bits per heavy atom. The molecule has 0 radical (unpaired) electrons. The number of Topliss-reactive ketones (excluding diaryl/α,β-unsaturated/α-hetero) is 1. The molecule has 0 atom stereocenters. The van der Waals surface area contributed by atoms with Crippen LogP contribution in [0.15, 0.2) is 18.2 Å². The van der Waals surface area contributed by atoms with E-state index in [1.807, 2.05) is 0 Å². The predicted molar refractivity (Wildman–Crippen MR) is 103 cm³/mol. The van der Waals surface area contributed by atoms with Gasteiger partial charge in [0.2, 0.25) is 0 Å². The normalized spacial score (nSPS) is 15.8. The Morgan fingerprint density at radius 3 is 2.74 bits per heavy atom. The molecule has 0 N–H and O–H groups in total. The third-order valence-electron chi connectivity index (χ3n) is 5.27. The third kappa shape index (κ3) is 4.23. The van der Waals surface area contributed by atoms with Crippen LogP contribution in [-0.4, -0.2) is 22.9 Å². The van der Waals surface area contributed by atoms with Crippen molar-refractivity contribution < 1.29 is 18.7 Å². The molecule has 0 spiro atoms. The van der Waals surface area contributed by atoms with Gasteiger partial charge in [0.1, 0.15) is 5.82 Å². The molecule has 0 saturated heterocycles. The highest BCUT2D eigenvalue weighted by molar-refractivity contribution is 6.10. The number of unbranched alkanes of at least 4 members (excludes halogenated alkanes) is 2. The number of aryl methyl sites for hydroxylation is 1. The first kappa shape index (κ1) is 19.6. The molecule has 146 valence electrons. The number of carbonyl (C=O) groups excluding carboxylic acids is 2. The van der Waals surface area contributed by atoms with Gasteiger partial charge in [0.15, 0.2) is 5.78 Å². The van der Waals surface area contributed by atoms with Crippen LogP contribution >= 0.6 is 0 Å². The minimum Gasteiger partial charge on any atom is -0.466 e. The van der Waals surface area contributed by atoms with Gasteiger partial charge >= 0.3 is 5.97 Å². The van der Waals surface area contributed by atoms with Gasteiger partial charge in [0, 0.05) is 36.0 Å². The maximum atomic E-state index is 13.9. The minimum absolute atomic E-state index is 0.0847. The van der Waals surface area contributed by atoms with E-state index >= 15 is 0 Å². The molecule has 27 heavy (non-hydrogen) atoms. The van der Waals surface area contributed by atoms with Gasteiger partial charge in [-0.05, 0) is 49.8 Å². The molecule has 0 bridgehead atoms. The lowest BCUT2D eigenvalue weighted by molar-refractivity contribution is -0.143. The van der Waals surface area contributed by atoms with Gasteiger partial charge in [-0.2, -0.15) is 0 Å². The fraction of sp³-hybridized carbons (Fsp3) is 0.545. The fourth-order valence-corrected chi connectivity index (χ4v) is 4.11. The Balaban J connectivity index is 1.81. The summed E-state index contributed by atoms with van der Waals surface area (Å²) in [6.45, 7) is 7.16.